The fourth-order valence-corrected chi connectivity index (χ4v) is 4.59. The highest BCUT2D eigenvalue weighted by atomic mass is 32.1. The highest BCUT2D eigenvalue weighted by Gasteiger charge is 2.28. The van der Waals surface area contributed by atoms with Gasteiger partial charge in [-0.25, -0.2) is 32.3 Å². The van der Waals surface area contributed by atoms with Crippen molar-refractivity contribution in [3.05, 3.63) is 69.6 Å². The van der Waals surface area contributed by atoms with E-state index < -0.39 is 35.8 Å². The Kier molecular flexibility index (Phi) is 6.75. The van der Waals surface area contributed by atoms with Crippen LogP contribution in [0.3, 0.4) is 0 Å². The van der Waals surface area contributed by atoms with Gasteiger partial charge in [0, 0.05) is 5.56 Å². The summed E-state index contributed by atoms with van der Waals surface area (Å²) in [5.74, 6) is -2.86. The molecule has 9 nitrogen and oxygen atoms in total. The van der Waals surface area contributed by atoms with Crippen molar-refractivity contribution in [2.75, 3.05) is 19.5 Å². The zero-order valence-corrected chi connectivity index (χ0v) is 19.8. The quantitative estimate of drug-likeness (QED) is 0.369. The van der Waals surface area contributed by atoms with Crippen molar-refractivity contribution < 1.29 is 37.0 Å². The van der Waals surface area contributed by atoms with Gasteiger partial charge in [0.05, 0.1) is 31.7 Å². The van der Waals surface area contributed by atoms with Crippen LogP contribution in [-0.2, 0) is 9.47 Å². The zero-order valence-electron chi connectivity index (χ0n) is 19.0. The molecule has 13 heteroatoms. The molecule has 0 radical (unpaired) electrons. The number of hydrogen-bond acceptors (Lipinski definition) is 8. The fraction of sp³-hybridized carbons (Fsp3) is 0.174. The first kappa shape index (κ1) is 24.9. The van der Waals surface area contributed by atoms with Crippen molar-refractivity contribution in [2.45, 2.75) is 13.3 Å². The molecule has 0 aliphatic carbocycles. The molecule has 1 amide bonds. The van der Waals surface area contributed by atoms with Crippen LogP contribution in [0.1, 0.15) is 48.1 Å². The fourth-order valence-electron chi connectivity index (χ4n) is 3.48. The number of hydrogen-bond donors (Lipinski definition) is 1. The van der Waals surface area contributed by atoms with Crippen molar-refractivity contribution in [3.63, 3.8) is 0 Å². The summed E-state index contributed by atoms with van der Waals surface area (Å²) < 4.78 is 51.3. The standard InChI is InChI=1S/C23H17F3N4O5S/c1-10-16(22(32)34-2)21(36-17(10)23(33)35-3)29-20(31)13-9-27-30-15(18(25)26)8-14(28-19(13)30)11-4-6-12(24)7-5-11/h4-9,18H,1-3H3,(H,29,31). The van der Waals surface area contributed by atoms with Crippen LogP contribution >= 0.6 is 11.3 Å². The molecular weight excluding hydrogens is 501 g/mol. The molecule has 0 bridgehead atoms. The number of aromatic nitrogens is 3. The number of thiophene rings is 1. The SMILES string of the molecule is COC(=O)c1sc(NC(=O)c2cnn3c(C(F)F)cc(-c4ccc(F)cc4)nc23)c(C(=O)OC)c1C. The molecular formula is C23H17F3N4O5S. The molecule has 0 atom stereocenters. The van der Waals surface area contributed by atoms with Gasteiger partial charge in [0.15, 0.2) is 5.65 Å². The molecule has 3 aromatic heterocycles. The third-order valence-corrected chi connectivity index (χ3v) is 6.43. The molecule has 4 rings (SSSR count). The van der Waals surface area contributed by atoms with Crippen molar-refractivity contribution >= 4 is 39.8 Å². The van der Waals surface area contributed by atoms with E-state index in [4.69, 9.17) is 9.47 Å². The monoisotopic (exact) mass is 518 g/mol. The van der Waals surface area contributed by atoms with E-state index in [1.54, 1.807) is 0 Å². The van der Waals surface area contributed by atoms with Crippen LogP contribution in [0.4, 0.5) is 18.2 Å². The maximum atomic E-state index is 13.8. The maximum absolute atomic E-state index is 13.8. The Morgan fingerprint density at radius 1 is 1.08 bits per heavy atom. The molecule has 4 aromatic rings. The Hall–Kier alpha value is -4.26. The minimum atomic E-state index is -2.96. The lowest BCUT2D eigenvalue weighted by Gasteiger charge is -2.09. The number of amides is 1. The second kappa shape index (κ2) is 9.77. The van der Waals surface area contributed by atoms with Gasteiger partial charge in [-0.2, -0.15) is 5.10 Å². The highest BCUT2D eigenvalue weighted by molar-refractivity contribution is 7.18. The Morgan fingerprint density at radius 3 is 2.36 bits per heavy atom. The molecule has 0 unspecified atom stereocenters. The normalized spacial score (nSPS) is 11.1. The van der Waals surface area contributed by atoms with Gasteiger partial charge >= 0.3 is 11.9 Å². The lowest BCUT2D eigenvalue weighted by atomic mass is 10.1. The van der Waals surface area contributed by atoms with Crippen LogP contribution in [-0.4, -0.2) is 46.7 Å². The summed E-state index contributed by atoms with van der Waals surface area (Å²) in [7, 11) is 2.31. The molecule has 0 aliphatic heterocycles. The van der Waals surface area contributed by atoms with Crippen LogP contribution in [0.5, 0.6) is 0 Å². The molecule has 36 heavy (non-hydrogen) atoms. The van der Waals surface area contributed by atoms with Crippen LogP contribution in [0.15, 0.2) is 36.5 Å². The average Bonchev–Trinajstić information content (AvgIpc) is 3.43. The van der Waals surface area contributed by atoms with Gasteiger partial charge in [0.25, 0.3) is 12.3 Å². The summed E-state index contributed by atoms with van der Waals surface area (Å²) in [5.41, 5.74) is -0.298. The van der Waals surface area contributed by atoms with E-state index >= 15 is 0 Å². The second-order valence-electron chi connectivity index (χ2n) is 7.37. The van der Waals surface area contributed by atoms with Crippen molar-refractivity contribution in [3.8, 4) is 11.3 Å². The number of halogens is 3. The van der Waals surface area contributed by atoms with E-state index in [1.807, 2.05) is 0 Å². The summed E-state index contributed by atoms with van der Waals surface area (Å²) in [6, 6.07) is 6.13. The number of methoxy groups -OCH3 is 2. The number of nitrogens with zero attached hydrogens (tertiary/aromatic N) is 3. The van der Waals surface area contributed by atoms with E-state index in [-0.39, 0.29) is 37.9 Å². The molecule has 0 spiro atoms. The third-order valence-electron chi connectivity index (χ3n) is 5.24. The number of ether oxygens (including phenoxy) is 2. The predicted octanol–water partition coefficient (Wildman–Crippen LogP) is 4.67. The summed E-state index contributed by atoms with van der Waals surface area (Å²) in [6.07, 6.45) is -1.91. The number of nitrogens with one attached hydrogen (secondary N) is 1. The summed E-state index contributed by atoms with van der Waals surface area (Å²) in [6.45, 7) is 1.49. The minimum absolute atomic E-state index is 0.00660. The van der Waals surface area contributed by atoms with Crippen LogP contribution in [0.25, 0.3) is 16.9 Å². The minimum Gasteiger partial charge on any atom is -0.465 e. The van der Waals surface area contributed by atoms with Gasteiger partial charge in [0.2, 0.25) is 0 Å². The van der Waals surface area contributed by atoms with Crippen molar-refractivity contribution in [2.24, 2.45) is 0 Å². The first-order valence-corrected chi connectivity index (χ1v) is 11.0. The average molecular weight is 518 g/mol. The molecule has 3 heterocycles. The molecule has 1 N–H and O–H groups in total. The van der Waals surface area contributed by atoms with E-state index in [1.165, 1.54) is 26.2 Å². The number of fused-ring (bicyclic) bond motifs is 1. The van der Waals surface area contributed by atoms with Gasteiger partial charge < -0.3 is 14.8 Å². The Labute approximate surface area is 205 Å². The molecule has 0 saturated heterocycles. The van der Waals surface area contributed by atoms with E-state index in [9.17, 15) is 27.6 Å². The topological polar surface area (TPSA) is 112 Å². The van der Waals surface area contributed by atoms with E-state index in [0.717, 1.165) is 47.4 Å². The Balaban J connectivity index is 1.81. The maximum Gasteiger partial charge on any atom is 0.348 e. The molecule has 0 saturated carbocycles. The molecule has 1 aromatic carbocycles. The molecule has 0 aliphatic rings. The number of benzene rings is 1. The summed E-state index contributed by atoms with van der Waals surface area (Å²) in [4.78, 5) is 42.0. The van der Waals surface area contributed by atoms with Crippen LogP contribution in [0.2, 0.25) is 0 Å². The van der Waals surface area contributed by atoms with Gasteiger partial charge in [-0.15, -0.1) is 11.3 Å². The number of alkyl halides is 2. The molecule has 0 fully saturated rings. The Morgan fingerprint density at radius 2 is 1.75 bits per heavy atom. The zero-order chi connectivity index (χ0) is 26.1. The summed E-state index contributed by atoms with van der Waals surface area (Å²) >= 11 is 0.792. The number of anilines is 1. The van der Waals surface area contributed by atoms with Crippen LogP contribution < -0.4 is 5.32 Å². The van der Waals surface area contributed by atoms with Crippen molar-refractivity contribution in [1.29, 1.82) is 0 Å². The number of rotatable bonds is 6. The highest BCUT2D eigenvalue weighted by Crippen LogP contribution is 2.35. The second-order valence-corrected chi connectivity index (χ2v) is 8.39. The lowest BCUT2D eigenvalue weighted by molar-refractivity contribution is 0.0601. The van der Waals surface area contributed by atoms with Gasteiger partial charge in [-0.05, 0) is 42.8 Å². The first-order valence-electron chi connectivity index (χ1n) is 10.2. The number of carbonyl (C=O) groups is 3. The molecule has 186 valence electrons. The number of carbonyl (C=O) groups excluding carboxylic acids is 3. The van der Waals surface area contributed by atoms with E-state index in [2.05, 4.69) is 15.4 Å². The van der Waals surface area contributed by atoms with Gasteiger partial charge in [0.1, 0.15) is 27.0 Å². The van der Waals surface area contributed by atoms with Crippen LogP contribution in [0, 0.1) is 12.7 Å². The number of esters is 2. The summed E-state index contributed by atoms with van der Waals surface area (Å²) in [5, 5.41) is 6.39. The van der Waals surface area contributed by atoms with Gasteiger partial charge in [-0.1, -0.05) is 0 Å². The third kappa shape index (κ3) is 4.40. The predicted molar refractivity (Wildman–Crippen MR) is 123 cm³/mol. The lowest BCUT2D eigenvalue weighted by Crippen LogP contribution is -2.15. The Bertz CT molecular complexity index is 1500. The largest absolute Gasteiger partial charge is 0.465 e. The van der Waals surface area contributed by atoms with Gasteiger partial charge in [-0.3, -0.25) is 4.79 Å². The smallest absolute Gasteiger partial charge is 0.348 e. The van der Waals surface area contributed by atoms with E-state index in [0.29, 0.717) is 5.56 Å². The first-order chi connectivity index (χ1) is 17.2. The van der Waals surface area contributed by atoms with Crippen molar-refractivity contribution in [1.82, 2.24) is 14.6 Å².